The van der Waals surface area contributed by atoms with Crippen molar-refractivity contribution in [3.63, 3.8) is 0 Å². The van der Waals surface area contributed by atoms with E-state index in [-0.39, 0.29) is 5.43 Å². The smallest absolute Gasteiger partial charge is 0.185 e. The maximum atomic E-state index is 13.1. The summed E-state index contributed by atoms with van der Waals surface area (Å²) in [6, 6.07) is 27.1. The van der Waals surface area contributed by atoms with Crippen molar-refractivity contribution >= 4 is 0 Å². The van der Waals surface area contributed by atoms with Crippen molar-refractivity contribution in [1.29, 1.82) is 0 Å². The van der Waals surface area contributed by atoms with Crippen LogP contribution in [0.15, 0.2) is 89.7 Å². The Labute approximate surface area is 176 Å². The number of methoxy groups -OCH3 is 2. The predicted octanol–water partition coefficient (Wildman–Crippen LogP) is 5.50. The zero-order valence-electron chi connectivity index (χ0n) is 17.3. The van der Waals surface area contributed by atoms with Crippen LogP contribution in [-0.2, 0) is 0 Å². The Morgan fingerprint density at radius 3 is 2.03 bits per heavy atom. The van der Waals surface area contributed by atoms with Gasteiger partial charge in [-0.05, 0) is 36.8 Å². The van der Waals surface area contributed by atoms with E-state index in [9.17, 15) is 4.79 Å². The molecule has 0 fully saturated rings. The molecule has 4 heteroatoms. The van der Waals surface area contributed by atoms with E-state index in [4.69, 9.17) is 9.47 Å². The van der Waals surface area contributed by atoms with Gasteiger partial charge < -0.3 is 14.0 Å². The first kappa shape index (κ1) is 19.5. The maximum Gasteiger partial charge on any atom is 0.185 e. The number of aromatic nitrogens is 1. The summed E-state index contributed by atoms with van der Waals surface area (Å²) in [6.07, 6.45) is 0. The number of rotatable bonds is 5. The van der Waals surface area contributed by atoms with Crippen molar-refractivity contribution < 1.29 is 9.47 Å². The molecule has 4 rings (SSSR count). The fraction of sp³-hybridized carbons (Fsp3) is 0.115. The number of nitrogens with zero attached hydrogens (tertiary/aromatic N) is 1. The van der Waals surface area contributed by atoms with Gasteiger partial charge in [0, 0.05) is 17.2 Å². The second kappa shape index (κ2) is 8.29. The lowest BCUT2D eigenvalue weighted by atomic mass is 10.0. The zero-order valence-corrected chi connectivity index (χ0v) is 17.3. The van der Waals surface area contributed by atoms with Gasteiger partial charge in [0.25, 0.3) is 0 Å². The molecular formula is C26H23NO3. The molecule has 0 aliphatic heterocycles. The highest BCUT2D eigenvalue weighted by molar-refractivity contribution is 5.77. The number of hydrogen-bond donors (Lipinski definition) is 0. The third-order valence-electron chi connectivity index (χ3n) is 5.21. The van der Waals surface area contributed by atoms with E-state index in [0.717, 1.165) is 28.2 Å². The summed E-state index contributed by atoms with van der Waals surface area (Å²) in [5, 5.41) is 0. The van der Waals surface area contributed by atoms with Gasteiger partial charge in [-0.1, -0.05) is 54.6 Å². The molecule has 0 unspecified atom stereocenters. The molecule has 4 nitrogen and oxygen atoms in total. The van der Waals surface area contributed by atoms with Gasteiger partial charge in [0.1, 0.15) is 11.5 Å². The van der Waals surface area contributed by atoms with E-state index < -0.39 is 0 Å². The summed E-state index contributed by atoms with van der Waals surface area (Å²) in [5.74, 6) is 1.42. The topological polar surface area (TPSA) is 40.5 Å². The summed E-state index contributed by atoms with van der Waals surface area (Å²) in [5.41, 5.74) is 4.82. The summed E-state index contributed by atoms with van der Waals surface area (Å²) in [7, 11) is 3.29. The minimum atomic E-state index is -0.0269. The van der Waals surface area contributed by atoms with Crippen molar-refractivity contribution in [3.05, 3.63) is 101 Å². The van der Waals surface area contributed by atoms with E-state index in [1.165, 1.54) is 0 Å². The van der Waals surface area contributed by atoms with E-state index in [1.807, 2.05) is 85.8 Å². The first-order chi connectivity index (χ1) is 14.7. The lowest BCUT2D eigenvalue weighted by molar-refractivity contribution is 0.412. The van der Waals surface area contributed by atoms with Crippen molar-refractivity contribution in [3.8, 4) is 39.7 Å². The molecule has 0 aliphatic carbocycles. The third-order valence-corrected chi connectivity index (χ3v) is 5.21. The van der Waals surface area contributed by atoms with Crippen LogP contribution >= 0.6 is 0 Å². The molecule has 0 atom stereocenters. The van der Waals surface area contributed by atoms with Gasteiger partial charge in [-0.25, -0.2) is 0 Å². The molecule has 0 amide bonds. The zero-order chi connectivity index (χ0) is 21.1. The van der Waals surface area contributed by atoms with Crippen LogP contribution in [0.2, 0.25) is 0 Å². The Morgan fingerprint density at radius 2 is 1.33 bits per heavy atom. The predicted molar refractivity (Wildman–Crippen MR) is 121 cm³/mol. The summed E-state index contributed by atoms with van der Waals surface area (Å²) < 4.78 is 13.4. The Balaban J connectivity index is 2.20. The lowest BCUT2D eigenvalue weighted by Gasteiger charge is -2.23. The Morgan fingerprint density at radius 1 is 0.733 bits per heavy atom. The third kappa shape index (κ3) is 3.37. The SMILES string of the molecule is COc1ccccc1-c1c(C)c(=O)cc(-c2ccccc2)n1-c1ccccc1OC. The van der Waals surface area contributed by atoms with Crippen LogP contribution in [0.4, 0.5) is 0 Å². The molecule has 0 bridgehead atoms. The number of benzene rings is 3. The van der Waals surface area contributed by atoms with Crippen molar-refractivity contribution in [2.24, 2.45) is 0 Å². The quantitative estimate of drug-likeness (QED) is 0.447. The molecule has 1 heterocycles. The number of hydrogen-bond acceptors (Lipinski definition) is 3. The molecule has 150 valence electrons. The fourth-order valence-electron chi connectivity index (χ4n) is 3.75. The minimum Gasteiger partial charge on any atom is -0.496 e. The van der Waals surface area contributed by atoms with Gasteiger partial charge in [-0.2, -0.15) is 0 Å². The van der Waals surface area contributed by atoms with Gasteiger partial charge in [-0.15, -0.1) is 0 Å². The molecule has 4 aromatic rings. The van der Waals surface area contributed by atoms with Gasteiger partial charge in [-0.3, -0.25) is 4.79 Å². The molecule has 3 aromatic carbocycles. The van der Waals surface area contributed by atoms with Crippen LogP contribution in [0.3, 0.4) is 0 Å². The molecular weight excluding hydrogens is 374 g/mol. The normalized spacial score (nSPS) is 10.6. The molecule has 0 saturated carbocycles. The molecule has 0 N–H and O–H groups in total. The average molecular weight is 397 g/mol. The van der Waals surface area contributed by atoms with Crippen molar-refractivity contribution in [1.82, 2.24) is 4.57 Å². The van der Waals surface area contributed by atoms with Crippen molar-refractivity contribution in [2.75, 3.05) is 14.2 Å². The van der Waals surface area contributed by atoms with Crippen LogP contribution in [0.1, 0.15) is 5.56 Å². The van der Waals surface area contributed by atoms with Crippen LogP contribution in [0, 0.1) is 6.92 Å². The number of para-hydroxylation sites is 3. The number of pyridine rings is 1. The minimum absolute atomic E-state index is 0.0269. The van der Waals surface area contributed by atoms with Crippen LogP contribution in [-0.4, -0.2) is 18.8 Å². The average Bonchev–Trinajstić information content (AvgIpc) is 2.81. The number of ether oxygens (including phenoxy) is 2. The van der Waals surface area contributed by atoms with Crippen LogP contribution in [0.25, 0.3) is 28.2 Å². The summed E-state index contributed by atoms with van der Waals surface area (Å²) in [6.45, 7) is 1.85. The largest absolute Gasteiger partial charge is 0.496 e. The molecule has 0 radical (unpaired) electrons. The van der Waals surface area contributed by atoms with Crippen molar-refractivity contribution in [2.45, 2.75) is 6.92 Å². The van der Waals surface area contributed by atoms with Crippen LogP contribution in [0.5, 0.6) is 11.5 Å². The van der Waals surface area contributed by atoms with Gasteiger partial charge in [0.2, 0.25) is 0 Å². The van der Waals surface area contributed by atoms with Gasteiger partial charge in [0.05, 0.1) is 31.3 Å². The highest BCUT2D eigenvalue weighted by atomic mass is 16.5. The Kier molecular flexibility index (Phi) is 5.40. The van der Waals surface area contributed by atoms with Crippen LogP contribution < -0.4 is 14.9 Å². The summed E-state index contributed by atoms with van der Waals surface area (Å²) >= 11 is 0. The molecule has 30 heavy (non-hydrogen) atoms. The standard InChI is InChI=1S/C26H23NO3/c1-18-23(28)17-22(19-11-5-4-6-12-19)27(21-14-8-10-16-25(21)30-3)26(18)20-13-7-9-15-24(20)29-2/h4-17H,1-3H3. The molecule has 0 aliphatic rings. The second-order valence-electron chi connectivity index (χ2n) is 6.94. The second-order valence-corrected chi connectivity index (χ2v) is 6.94. The van der Waals surface area contributed by atoms with E-state index in [1.54, 1.807) is 20.3 Å². The fourth-order valence-corrected chi connectivity index (χ4v) is 3.75. The monoisotopic (exact) mass is 397 g/mol. The highest BCUT2D eigenvalue weighted by Gasteiger charge is 2.21. The van der Waals surface area contributed by atoms with E-state index >= 15 is 0 Å². The Bertz CT molecular complexity index is 1240. The Hall–Kier alpha value is -3.79. The van der Waals surface area contributed by atoms with E-state index in [0.29, 0.717) is 17.1 Å². The first-order valence-electron chi connectivity index (χ1n) is 9.74. The lowest BCUT2D eigenvalue weighted by Crippen LogP contribution is -2.16. The van der Waals surface area contributed by atoms with E-state index in [2.05, 4.69) is 4.57 Å². The van der Waals surface area contributed by atoms with Gasteiger partial charge in [0.15, 0.2) is 5.43 Å². The highest BCUT2D eigenvalue weighted by Crippen LogP contribution is 2.38. The maximum absolute atomic E-state index is 13.1. The first-order valence-corrected chi connectivity index (χ1v) is 9.74. The molecule has 0 spiro atoms. The summed E-state index contributed by atoms with van der Waals surface area (Å²) in [4.78, 5) is 13.1. The molecule has 1 aromatic heterocycles. The van der Waals surface area contributed by atoms with Gasteiger partial charge >= 0.3 is 0 Å². The molecule has 0 saturated heterocycles.